The van der Waals surface area contributed by atoms with Crippen LogP contribution in [0, 0.1) is 10.1 Å². The molecule has 0 saturated carbocycles. The molecular weight excluding hydrogens is 322 g/mol. The summed E-state index contributed by atoms with van der Waals surface area (Å²) in [5, 5.41) is 24.8. The van der Waals surface area contributed by atoms with Crippen molar-refractivity contribution in [2.45, 2.75) is 6.54 Å². The Bertz CT molecular complexity index is 813. The first kappa shape index (κ1) is 16.9. The van der Waals surface area contributed by atoms with Crippen molar-refractivity contribution in [1.29, 1.82) is 0 Å². The van der Waals surface area contributed by atoms with Gasteiger partial charge >= 0.3 is 17.6 Å². The number of methoxy groups -OCH3 is 2. The quantitative estimate of drug-likeness (QED) is 0.488. The van der Waals surface area contributed by atoms with Gasteiger partial charge in [-0.05, 0) is 12.1 Å². The summed E-state index contributed by atoms with van der Waals surface area (Å²) >= 11 is 0. The molecule has 0 aliphatic heterocycles. The molecule has 0 spiro atoms. The van der Waals surface area contributed by atoms with Crippen molar-refractivity contribution < 1.29 is 29.1 Å². The second-order valence-electron chi connectivity index (χ2n) is 4.62. The van der Waals surface area contributed by atoms with Crippen molar-refractivity contribution in [3.63, 3.8) is 0 Å². The van der Waals surface area contributed by atoms with Gasteiger partial charge in [-0.2, -0.15) is 5.10 Å². The summed E-state index contributed by atoms with van der Waals surface area (Å²) in [5.41, 5.74) is -0.421. The van der Waals surface area contributed by atoms with Gasteiger partial charge in [-0.1, -0.05) is 6.07 Å². The Morgan fingerprint density at radius 1 is 1.29 bits per heavy atom. The van der Waals surface area contributed by atoms with E-state index < -0.39 is 22.5 Å². The van der Waals surface area contributed by atoms with E-state index in [4.69, 9.17) is 0 Å². The minimum Gasteiger partial charge on any atom is -0.508 e. The lowest BCUT2D eigenvalue weighted by Crippen LogP contribution is -2.14. The fourth-order valence-corrected chi connectivity index (χ4v) is 2.04. The molecule has 0 bridgehead atoms. The third-order valence-corrected chi connectivity index (χ3v) is 3.22. The third kappa shape index (κ3) is 3.16. The highest BCUT2D eigenvalue weighted by Gasteiger charge is 2.28. The number of nitro groups is 1. The zero-order valence-corrected chi connectivity index (χ0v) is 12.8. The van der Waals surface area contributed by atoms with Gasteiger partial charge in [0.1, 0.15) is 11.9 Å². The van der Waals surface area contributed by atoms with Crippen LogP contribution in [-0.2, 0) is 16.0 Å². The van der Waals surface area contributed by atoms with Gasteiger partial charge in [0.05, 0.1) is 31.3 Å². The maximum absolute atomic E-state index is 11.8. The molecule has 2 aromatic rings. The smallest absolute Gasteiger partial charge is 0.363 e. The molecule has 0 amide bonds. The second-order valence-corrected chi connectivity index (χ2v) is 4.62. The lowest BCUT2D eigenvalue weighted by Gasteiger charge is -2.08. The third-order valence-electron chi connectivity index (χ3n) is 3.22. The highest BCUT2D eigenvalue weighted by Crippen LogP contribution is 2.24. The van der Waals surface area contributed by atoms with E-state index in [0.717, 1.165) is 18.0 Å². The summed E-state index contributed by atoms with van der Waals surface area (Å²) in [7, 11) is 2.30. The molecule has 1 aromatic carbocycles. The number of ether oxygens (including phenoxy) is 2. The number of phenols is 1. The Hall–Kier alpha value is -3.43. The predicted molar refractivity (Wildman–Crippen MR) is 78.8 cm³/mol. The van der Waals surface area contributed by atoms with Gasteiger partial charge < -0.3 is 14.6 Å². The Labute approximate surface area is 135 Å². The molecule has 10 nitrogen and oxygen atoms in total. The summed E-state index contributed by atoms with van der Waals surface area (Å²) in [4.78, 5) is 33.4. The van der Waals surface area contributed by atoms with Crippen LogP contribution < -0.4 is 0 Å². The zero-order valence-electron chi connectivity index (χ0n) is 12.8. The molecule has 1 aromatic heterocycles. The molecule has 0 aliphatic carbocycles. The molecule has 0 atom stereocenters. The number of esters is 2. The summed E-state index contributed by atoms with van der Waals surface area (Å²) in [6.07, 6.45) is 0.923. The number of aromatic nitrogens is 2. The van der Waals surface area contributed by atoms with E-state index in [1.54, 1.807) is 0 Å². The normalized spacial score (nSPS) is 10.2. The summed E-state index contributed by atoms with van der Waals surface area (Å²) < 4.78 is 10.1. The Balaban J connectivity index is 2.40. The zero-order chi connectivity index (χ0) is 17.9. The molecule has 0 unspecified atom stereocenters. The van der Waals surface area contributed by atoms with Gasteiger partial charge in [-0.3, -0.25) is 10.1 Å². The number of nitrogens with zero attached hydrogens (tertiary/aromatic N) is 3. The van der Waals surface area contributed by atoms with Crippen molar-refractivity contribution in [1.82, 2.24) is 9.78 Å². The summed E-state index contributed by atoms with van der Waals surface area (Å²) in [6.45, 7) is -0.133. The number of carbonyl (C=O) groups excluding carboxylic acids is 2. The van der Waals surface area contributed by atoms with Gasteiger partial charge in [0.2, 0.25) is 5.69 Å². The fourth-order valence-electron chi connectivity index (χ4n) is 2.04. The average Bonchev–Trinajstić information content (AvgIpc) is 2.99. The van der Waals surface area contributed by atoms with Gasteiger partial charge in [-0.25, -0.2) is 14.3 Å². The van der Waals surface area contributed by atoms with Crippen LogP contribution in [0.5, 0.6) is 5.75 Å². The van der Waals surface area contributed by atoms with Gasteiger partial charge in [0.15, 0.2) is 0 Å². The molecule has 1 N–H and O–H groups in total. The number of hydrogen-bond donors (Lipinski definition) is 1. The molecule has 2 rings (SSSR count). The van der Waals surface area contributed by atoms with Gasteiger partial charge in [-0.15, -0.1) is 0 Å². The SMILES string of the molecule is COC(=O)c1ccc(Cn2ncc([N+](=O)[O-])c2C(=O)OC)c(O)c1. The van der Waals surface area contributed by atoms with E-state index in [2.05, 4.69) is 14.6 Å². The number of phenolic OH excluding ortho intramolecular Hbond substituents is 1. The molecule has 0 saturated heterocycles. The minimum absolute atomic E-state index is 0.133. The standard InChI is InChI=1S/C14H13N3O7/c1-23-13(19)8-3-4-9(11(18)5-8)7-16-12(14(20)24-2)10(6-15-16)17(21)22/h3-6,18H,7H2,1-2H3. The number of rotatable bonds is 5. The Kier molecular flexibility index (Phi) is 4.78. The molecule has 0 aliphatic rings. The van der Waals surface area contributed by atoms with Crippen LogP contribution in [0.15, 0.2) is 24.4 Å². The van der Waals surface area contributed by atoms with E-state index in [1.165, 1.54) is 25.3 Å². The number of carbonyl (C=O) groups is 2. The van der Waals surface area contributed by atoms with Crippen LogP contribution in [0.1, 0.15) is 26.4 Å². The highest BCUT2D eigenvalue weighted by atomic mass is 16.6. The van der Waals surface area contributed by atoms with Gasteiger partial charge in [0.25, 0.3) is 0 Å². The van der Waals surface area contributed by atoms with Crippen molar-refractivity contribution >= 4 is 17.6 Å². The van der Waals surface area contributed by atoms with Crippen LogP contribution >= 0.6 is 0 Å². The first-order valence-corrected chi connectivity index (χ1v) is 6.57. The van der Waals surface area contributed by atoms with Crippen molar-refractivity contribution in [2.75, 3.05) is 14.2 Å². The molecule has 126 valence electrons. The predicted octanol–water partition coefficient (Wildman–Crippen LogP) is 1.12. The maximum Gasteiger partial charge on any atom is 0.363 e. The van der Waals surface area contributed by atoms with Crippen molar-refractivity contribution in [3.8, 4) is 5.75 Å². The lowest BCUT2D eigenvalue weighted by molar-refractivity contribution is -0.385. The highest BCUT2D eigenvalue weighted by molar-refractivity contribution is 5.92. The monoisotopic (exact) mass is 335 g/mol. The van der Waals surface area contributed by atoms with Crippen LogP contribution in [0.25, 0.3) is 0 Å². The molecule has 0 fully saturated rings. The number of hydrogen-bond acceptors (Lipinski definition) is 8. The number of benzene rings is 1. The fraction of sp³-hybridized carbons (Fsp3) is 0.214. The Morgan fingerprint density at radius 3 is 2.50 bits per heavy atom. The number of aromatic hydroxyl groups is 1. The van der Waals surface area contributed by atoms with E-state index >= 15 is 0 Å². The van der Waals surface area contributed by atoms with Crippen molar-refractivity contribution in [2.24, 2.45) is 0 Å². The van der Waals surface area contributed by atoms with Crippen LogP contribution in [0.2, 0.25) is 0 Å². The Morgan fingerprint density at radius 2 is 1.96 bits per heavy atom. The van der Waals surface area contributed by atoms with E-state index in [9.17, 15) is 24.8 Å². The average molecular weight is 335 g/mol. The van der Waals surface area contributed by atoms with Crippen LogP contribution in [-0.4, -0.2) is 46.0 Å². The topological polar surface area (TPSA) is 134 Å². The van der Waals surface area contributed by atoms with E-state index in [1.807, 2.05) is 0 Å². The summed E-state index contributed by atoms with van der Waals surface area (Å²) in [6, 6.07) is 4.03. The van der Waals surface area contributed by atoms with Crippen LogP contribution in [0.3, 0.4) is 0 Å². The second kappa shape index (κ2) is 6.77. The molecule has 10 heteroatoms. The maximum atomic E-state index is 11.8. The van der Waals surface area contributed by atoms with E-state index in [-0.39, 0.29) is 23.6 Å². The lowest BCUT2D eigenvalue weighted by atomic mass is 10.1. The molecule has 1 heterocycles. The minimum atomic E-state index is -0.926. The first-order chi connectivity index (χ1) is 11.4. The van der Waals surface area contributed by atoms with Crippen molar-refractivity contribution in [3.05, 3.63) is 51.3 Å². The summed E-state index contributed by atoms with van der Waals surface area (Å²) in [5.74, 6) is -1.79. The van der Waals surface area contributed by atoms with E-state index in [0.29, 0.717) is 5.56 Å². The van der Waals surface area contributed by atoms with Gasteiger partial charge in [0, 0.05) is 5.56 Å². The largest absolute Gasteiger partial charge is 0.508 e. The van der Waals surface area contributed by atoms with Crippen LogP contribution in [0.4, 0.5) is 5.69 Å². The molecular formula is C14H13N3O7. The molecule has 0 radical (unpaired) electrons. The first-order valence-electron chi connectivity index (χ1n) is 6.57. The molecule has 24 heavy (non-hydrogen) atoms.